The summed E-state index contributed by atoms with van der Waals surface area (Å²) in [5.41, 5.74) is -0.328. The van der Waals surface area contributed by atoms with Gasteiger partial charge < -0.3 is 4.74 Å². The molecule has 0 spiro atoms. The first-order valence-electron chi connectivity index (χ1n) is 6.46. The van der Waals surface area contributed by atoms with Gasteiger partial charge in [-0.25, -0.2) is 22.7 Å². The van der Waals surface area contributed by atoms with Crippen molar-refractivity contribution in [2.45, 2.75) is 11.1 Å². The first-order chi connectivity index (χ1) is 12.0. The van der Waals surface area contributed by atoms with Crippen LogP contribution in [0.4, 0.5) is 23.1 Å². The van der Waals surface area contributed by atoms with E-state index >= 15 is 0 Å². The molecule has 0 radical (unpaired) electrons. The summed E-state index contributed by atoms with van der Waals surface area (Å²) in [5, 5.41) is 5.87. The number of hydrogen-bond acceptors (Lipinski definition) is 8. The van der Waals surface area contributed by atoms with Gasteiger partial charge in [0, 0.05) is 0 Å². The van der Waals surface area contributed by atoms with E-state index in [1.54, 1.807) is 4.72 Å². The van der Waals surface area contributed by atoms with Crippen molar-refractivity contribution in [1.29, 1.82) is 0 Å². The van der Waals surface area contributed by atoms with E-state index in [9.17, 15) is 31.2 Å². The minimum Gasteiger partial charge on any atom is -0.465 e. The average molecular weight is 410 g/mol. The molecule has 0 atom stereocenters. The fraction of sp³-hybridized carbons (Fsp3) is 0.167. The molecule has 0 saturated heterocycles. The highest BCUT2D eigenvalue weighted by Gasteiger charge is 2.36. The number of methoxy groups -OCH3 is 1. The number of alkyl halides is 3. The van der Waals surface area contributed by atoms with Crippen molar-refractivity contribution >= 4 is 38.5 Å². The van der Waals surface area contributed by atoms with Gasteiger partial charge in [-0.05, 0) is 12.1 Å². The molecular weight excluding hydrogens is 401 g/mol. The predicted octanol–water partition coefficient (Wildman–Crippen LogP) is 1.85. The maximum Gasteiger partial charge on any atom is 0.445 e. The lowest BCUT2D eigenvalue weighted by atomic mass is 10.2. The number of benzene rings is 1. The SMILES string of the molecule is COC(=O)c1ccccc1S(=O)(=O)NC(=O)Nc1nnc(C(F)(F)F)s1. The molecule has 1 aromatic heterocycles. The summed E-state index contributed by atoms with van der Waals surface area (Å²) in [6, 6.07) is 3.52. The number of hydrogen-bond donors (Lipinski definition) is 2. The van der Waals surface area contributed by atoms with Crippen LogP contribution in [-0.2, 0) is 20.9 Å². The number of esters is 1. The van der Waals surface area contributed by atoms with Gasteiger partial charge in [0.2, 0.25) is 10.1 Å². The molecule has 0 fully saturated rings. The zero-order valence-corrected chi connectivity index (χ0v) is 14.3. The molecule has 0 unspecified atom stereocenters. The van der Waals surface area contributed by atoms with E-state index in [2.05, 4.69) is 14.9 Å². The molecular formula is C12H9F3N4O5S2. The van der Waals surface area contributed by atoms with Crippen LogP contribution in [0.25, 0.3) is 0 Å². The highest BCUT2D eigenvalue weighted by atomic mass is 32.2. The topological polar surface area (TPSA) is 127 Å². The Morgan fingerprint density at radius 3 is 2.42 bits per heavy atom. The molecule has 140 valence electrons. The molecule has 9 nitrogen and oxygen atoms in total. The molecule has 0 aliphatic carbocycles. The third-order valence-corrected chi connectivity index (χ3v) is 4.97. The first kappa shape index (κ1) is 19.6. The van der Waals surface area contributed by atoms with Gasteiger partial charge in [0.25, 0.3) is 10.0 Å². The molecule has 0 aliphatic rings. The number of anilines is 1. The van der Waals surface area contributed by atoms with Crippen LogP contribution in [0, 0.1) is 0 Å². The number of aromatic nitrogens is 2. The molecule has 2 amide bonds. The van der Waals surface area contributed by atoms with Crippen molar-refractivity contribution in [2.75, 3.05) is 12.4 Å². The molecule has 2 N–H and O–H groups in total. The van der Waals surface area contributed by atoms with Gasteiger partial charge in [0.15, 0.2) is 0 Å². The third kappa shape index (κ3) is 4.45. The molecule has 0 saturated carbocycles. The van der Waals surface area contributed by atoms with E-state index in [0.29, 0.717) is 0 Å². The van der Waals surface area contributed by atoms with Crippen LogP contribution in [0.5, 0.6) is 0 Å². The highest BCUT2D eigenvalue weighted by Crippen LogP contribution is 2.32. The second kappa shape index (κ2) is 7.25. The van der Waals surface area contributed by atoms with Crippen LogP contribution in [0.3, 0.4) is 0 Å². The van der Waals surface area contributed by atoms with E-state index in [0.717, 1.165) is 13.2 Å². The van der Waals surface area contributed by atoms with Crippen molar-refractivity contribution < 1.29 is 35.9 Å². The molecule has 0 bridgehead atoms. The number of halogens is 3. The predicted molar refractivity (Wildman–Crippen MR) is 82.0 cm³/mol. The fourth-order valence-electron chi connectivity index (χ4n) is 1.67. The van der Waals surface area contributed by atoms with E-state index in [1.165, 1.54) is 18.2 Å². The van der Waals surface area contributed by atoms with Gasteiger partial charge >= 0.3 is 18.2 Å². The van der Waals surface area contributed by atoms with Gasteiger partial charge in [-0.1, -0.05) is 23.5 Å². The normalized spacial score (nSPS) is 11.7. The fourth-order valence-corrected chi connectivity index (χ4v) is 3.38. The standard InChI is InChI=1S/C12H9F3N4O5S2/c1-24-8(20)6-4-2-3-5-7(6)26(22,23)19-10(21)16-11-18-17-9(25-11)12(13,14)15/h2-5H,1H3,(H2,16,18,19,21). The Balaban J connectivity index is 2.18. The Morgan fingerprint density at radius 1 is 1.19 bits per heavy atom. The Kier molecular flexibility index (Phi) is 5.46. The Bertz CT molecular complexity index is 942. The van der Waals surface area contributed by atoms with Crippen LogP contribution in [-0.4, -0.2) is 37.7 Å². The number of nitrogens with one attached hydrogen (secondary N) is 2. The number of sulfonamides is 1. The van der Waals surface area contributed by atoms with Gasteiger partial charge in [-0.3, -0.25) is 5.32 Å². The van der Waals surface area contributed by atoms with Crippen molar-refractivity contribution in [3.8, 4) is 0 Å². The number of carbonyl (C=O) groups is 2. The maximum absolute atomic E-state index is 12.4. The largest absolute Gasteiger partial charge is 0.465 e. The number of urea groups is 1. The zero-order valence-electron chi connectivity index (χ0n) is 12.7. The summed E-state index contributed by atoms with van der Waals surface area (Å²) in [6.07, 6.45) is -4.75. The van der Waals surface area contributed by atoms with Crippen molar-refractivity contribution in [1.82, 2.24) is 14.9 Å². The Morgan fingerprint density at radius 2 is 1.85 bits per heavy atom. The lowest BCUT2D eigenvalue weighted by Gasteiger charge is -2.10. The molecule has 1 heterocycles. The lowest BCUT2D eigenvalue weighted by molar-refractivity contribution is -0.138. The van der Waals surface area contributed by atoms with Crippen LogP contribution in [0.2, 0.25) is 0 Å². The molecule has 26 heavy (non-hydrogen) atoms. The van der Waals surface area contributed by atoms with Crippen LogP contribution < -0.4 is 10.0 Å². The van der Waals surface area contributed by atoms with Crippen LogP contribution in [0.1, 0.15) is 15.4 Å². The smallest absolute Gasteiger partial charge is 0.445 e. The number of amides is 2. The van der Waals surface area contributed by atoms with Crippen molar-refractivity contribution in [3.05, 3.63) is 34.8 Å². The molecule has 2 aromatic rings. The van der Waals surface area contributed by atoms with E-state index < -0.39 is 43.2 Å². The van der Waals surface area contributed by atoms with Crippen LogP contribution in [0.15, 0.2) is 29.2 Å². The monoisotopic (exact) mass is 410 g/mol. The number of ether oxygens (including phenoxy) is 1. The molecule has 1 aromatic carbocycles. The Labute approximate surface area is 148 Å². The summed E-state index contributed by atoms with van der Waals surface area (Å²) in [4.78, 5) is 22.8. The molecule has 0 aliphatic heterocycles. The summed E-state index contributed by atoms with van der Waals surface area (Å²) < 4.78 is 67.8. The zero-order chi connectivity index (χ0) is 19.5. The van der Waals surface area contributed by atoms with E-state index in [4.69, 9.17) is 0 Å². The van der Waals surface area contributed by atoms with Gasteiger partial charge in [0.1, 0.15) is 4.90 Å². The van der Waals surface area contributed by atoms with Gasteiger partial charge in [-0.2, -0.15) is 13.2 Å². The first-order valence-corrected chi connectivity index (χ1v) is 8.76. The lowest BCUT2D eigenvalue weighted by Crippen LogP contribution is -2.35. The van der Waals surface area contributed by atoms with Crippen molar-refractivity contribution in [2.24, 2.45) is 0 Å². The third-order valence-electron chi connectivity index (χ3n) is 2.70. The minimum absolute atomic E-state index is 0.0135. The van der Waals surface area contributed by atoms with Crippen LogP contribution >= 0.6 is 11.3 Å². The molecule has 2 rings (SSSR count). The second-order valence-corrected chi connectivity index (χ2v) is 7.09. The van der Waals surface area contributed by atoms with Gasteiger partial charge in [-0.15, -0.1) is 10.2 Å². The Hall–Kier alpha value is -2.74. The quantitative estimate of drug-likeness (QED) is 0.737. The average Bonchev–Trinajstić information content (AvgIpc) is 3.02. The maximum atomic E-state index is 12.4. The second-order valence-electron chi connectivity index (χ2n) is 4.46. The minimum atomic E-state index is -4.75. The van der Waals surface area contributed by atoms with Gasteiger partial charge in [0.05, 0.1) is 12.7 Å². The van der Waals surface area contributed by atoms with E-state index in [1.807, 2.05) is 5.32 Å². The summed E-state index contributed by atoms with van der Waals surface area (Å²) >= 11 is 0.0135. The summed E-state index contributed by atoms with van der Waals surface area (Å²) in [6.45, 7) is 0. The number of rotatable bonds is 4. The van der Waals surface area contributed by atoms with E-state index in [-0.39, 0.29) is 16.9 Å². The number of carbonyl (C=O) groups excluding carboxylic acids is 2. The highest BCUT2D eigenvalue weighted by molar-refractivity contribution is 7.90. The number of nitrogens with zero attached hydrogens (tertiary/aromatic N) is 2. The summed E-state index contributed by atoms with van der Waals surface area (Å²) in [7, 11) is -3.47. The summed E-state index contributed by atoms with van der Waals surface area (Å²) in [5.74, 6) is -0.953. The molecule has 14 heteroatoms. The van der Waals surface area contributed by atoms with Crippen molar-refractivity contribution in [3.63, 3.8) is 0 Å².